The number of hydrogen-bond donors (Lipinski definition) is 2. The number of rotatable bonds is 5. The van der Waals surface area contributed by atoms with Crippen LogP contribution in [0.4, 0.5) is 5.69 Å². The zero-order valence-electron chi connectivity index (χ0n) is 10.8. The molecule has 0 bridgehead atoms. The van der Waals surface area contributed by atoms with Crippen molar-refractivity contribution in [2.24, 2.45) is 5.92 Å². The van der Waals surface area contributed by atoms with E-state index in [0.29, 0.717) is 12.5 Å². The Balaban J connectivity index is 1.68. The highest BCUT2D eigenvalue weighted by Crippen LogP contribution is 2.20. The van der Waals surface area contributed by atoms with Gasteiger partial charge in [-0.2, -0.15) is 0 Å². The van der Waals surface area contributed by atoms with Crippen molar-refractivity contribution in [3.8, 4) is 0 Å². The number of anilines is 1. The molecular weight excluding hydrogens is 308 g/mol. The molecule has 5 heteroatoms. The third-order valence-electron chi connectivity index (χ3n) is 3.13. The Bertz CT molecular complexity index is 420. The van der Waals surface area contributed by atoms with Crippen LogP contribution in [0.5, 0.6) is 0 Å². The second kappa shape index (κ2) is 7.62. The smallest absolute Gasteiger partial charge is 0.250 e. The topological polar surface area (TPSA) is 50.4 Å². The Kier molecular flexibility index (Phi) is 5.82. The number of ether oxygens (including phenoxy) is 1. The van der Waals surface area contributed by atoms with Gasteiger partial charge in [0.2, 0.25) is 5.91 Å². The predicted molar refractivity (Wildman–Crippen MR) is 79.2 cm³/mol. The zero-order chi connectivity index (χ0) is 13.5. The number of hydrogen-bond acceptors (Lipinski definition) is 3. The Morgan fingerprint density at radius 2 is 2.32 bits per heavy atom. The van der Waals surface area contributed by atoms with E-state index in [1.54, 1.807) is 0 Å². The normalized spacial score (nSPS) is 19.1. The number of piperidine rings is 1. The first-order valence-electron chi connectivity index (χ1n) is 6.58. The fourth-order valence-corrected chi connectivity index (χ4v) is 2.52. The molecule has 19 heavy (non-hydrogen) atoms. The second-order valence-corrected chi connectivity index (χ2v) is 5.61. The van der Waals surface area contributed by atoms with E-state index in [4.69, 9.17) is 4.74 Å². The van der Waals surface area contributed by atoms with Gasteiger partial charge in [0.25, 0.3) is 0 Å². The van der Waals surface area contributed by atoms with Gasteiger partial charge in [-0.05, 0) is 53.4 Å². The van der Waals surface area contributed by atoms with Crippen LogP contribution in [0.15, 0.2) is 28.7 Å². The molecule has 1 heterocycles. The van der Waals surface area contributed by atoms with Crippen molar-refractivity contribution in [1.29, 1.82) is 0 Å². The van der Waals surface area contributed by atoms with Crippen LogP contribution in [-0.4, -0.2) is 32.2 Å². The van der Waals surface area contributed by atoms with Crippen molar-refractivity contribution in [2.75, 3.05) is 31.6 Å². The molecule has 4 nitrogen and oxygen atoms in total. The summed E-state index contributed by atoms with van der Waals surface area (Å²) >= 11 is 3.39. The van der Waals surface area contributed by atoms with Gasteiger partial charge in [0.05, 0.1) is 12.3 Å². The predicted octanol–water partition coefficient (Wildman–Crippen LogP) is 2.40. The Morgan fingerprint density at radius 3 is 3.05 bits per heavy atom. The molecule has 104 valence electrons. The van der Waals surface area contributed by atoms with Gasteiger partial charge in [-0.15, -0.1) is 0 Å². The maximum absolute atomic E-state index is 11.7. The lowest BCUT2D eigenvalue weighted by Gasteiger charge is -2.22. The number of para-hydroxylation sites is 1. The minimum absolute atomic E-state index is 0.109. The van der Waals surface area contributed by atoms with Gasteiger partial charge in [0, 0.05) is 11.0 Å². The molecule has 1 aromatic rings. The summed E-state index contributed by atoms with van der Waals surface area (Å²) in [6.45, 7) is 2.85. The third-order valence-corrected chi connectivity index (χ3v) is 3.83. The summed E-state index contributed by atoms with van der Waals surface area (Å²) in [4.78, 5) is 11.7. The molecule has 0 saturated carbocycles. The van der Waals surface area contributed by atoms with Crippen molar-refractivity contribution in [3.05, 3.63) is 28.7 Å². The number of amides is 1. The van der Waals surface area contributed by atoms with Gasteiger partial charge in [-0.25, -0.2) is 0 Å². The van der Waals surface area contributed by atoms with Gasteiger partial charge in [-0.3, -0.25) is 4.79 Å². The van der Waals surface area contributed by atoms with E-state index in [1.807, 2.05) is 24.3 Å². The highest BCUT2D eigenvalue weighted by molar-refractivity contribution is 9.10. The fraction of sp³-hybridized carbons (Fsp3) is 0.500. The number of halogens is 1. The summed E-state index contributed by atoms with van der Waals surface area (Å²) in [5, 5.41) is 6.16. The van der Waals surface area contributed by atoms with Gasteiger partial charge < -0.3 is 15.4 Å². The molecule has 2 rings (SSSR count). The van der Waals surface area contributed by atoms with E-state index in [9.17, 15) is 4.79 Å². The van der Waals surface area contributed by atoms with Crippen LogP contribution in [0.3, 0.4) is 0 Å². The standard InChI is InChI=1S/C14H19BrN2O2/c15-12-5-1-2-6-13(12)17-14(18)10-19-9-11-4-3-7-16-8-11/h1-2,5-6,11,16H,3-4,7-10H2,(H,17,18). The maximum Gasteiger partial charge on any atom is 0.250 e. The largest absolute Gasteiger partial charge is 0.371 e. The summed E-state index contributed by atoms with van der Waals surface area (Å²) in [6.07, 6.45) is 2.37. The lowest BCUT2D eigenvalue weighted by atomic mass is 10.0. The monoisotopic (exact) mass is 326 g/mol. The van der Waals surface area contributed by atoms with Crippen molar-refractivity contribution in [3.63, 3.8) is 0 Å². The number of benzene rings is 1. The van der Waals surface area contributed by atoms with E-state index in [-0.39, 0.29) is 12.5 Å². The van der Waals surface area contributed by atoms with Crippen LogP contribution in [0.2, 0.25) is 0 Å². The van der Waals surface area contributed by atoms with Crippen LogP contribution in [0.1, 0.15) is 12.8 Å². The summed E-state index contributed by atoms with van der Waals surface area (Å²) in [5.41, 5.74) is 0.774. The molecule has 0 radical (unpaired) electrons. The molecule has 1 saturated heterocycles. The van der Waals surface area contributed by atoms with Crippen molar-refractivity contribution >= 4 is 27.5 Å². The van der Waals surface area contributed by atoms with Gasteiger partial charge in [0.1, 0.15) is 6.61 Å². The molecule has 1 aromatic carbocycles. The van der Waals surface area contributed by atoms with Crippen molar-refractivity contribution < 1.29 is 9.53 Å². The molecule has 1 fully saturated rings. The maximum atomic E-state index is 11.7. The molecular formula is C14H19BrN2O2. The van der Waals surface area contributed by atoms with E-state index in [0.717, 1.165) is 23.2 Å². The van der Waals surface area contributed by atoms with E-state index in [1.165, 1.54) is 12.8 Å². The van der Waals surface area contributed by atoms with Crippen LogP contribution >= 0.6 is 15.9 Å². The lowest BCUT2D eigenvalue weighted by Crippen LogP contribution is -2.33. The van der Waals surface area contributed by atoms with Crippen molar-refractivity contribution in [1.82, 2.24) is 5.32 Å². The average molecular weight is 327 g/mol. The summed E-state index contributed by atoms with van der Waals surface area (Å²) in [7, 11) is 0. The Labute approximate surface area is 122 Å². The Hall–Kier alpha value is -0.910. The molecule has 0 aromatic heterocycles. The van der Waals surface area contributed by atoms with E-state index < -0.39 is 0 Å². The fourth-order valence-electron chi connectivity index (χ4n) is 2.13. The quantitative estimate of drug-likeness (QED) is 0.873. The Morgan fingerprint density at radius 1 is 1.47 bits per heavy atom. The van der Waals surface area contributed by atoms with Gasteiger partial charge >= 0.3 is 0 Å². The first-order valence-corrected chi connectivity index (χ1v) is 7.38. The summed E-state index contributed by atoms with van der Waals surface area (Å²) in [5.74, 6) is 0.417. The average Bonchev–Trinajstić information content (AvgIpc) is 2.43. The minimum atomic E-state index is -0.115. The molecule has 0 spiro atoms. The van der Waals surface area contributed by atoms with Crippen LogP contribution in [-0.2, 0) is 9.53 Å². The first kappa shape index (κ1) is 14.5. The van der Waals surface area contributed by atoms with E-state index in [2.05, 4.69) is 26.6 Å². The summed E-state index contributed by atoms with van der Waals surface area (Å²) in [6, 6.07) is 7.54. The number of nitrogens with one attached hydrogen (secondary N) is 2. The number of carbonyl (C=O) groups excluding carboxylic acids is 1. The molecule has 1 aliphatic rings. The molecule has 1 aliphatic heterocycles. The lowest BCUT2D eigenvalue weighted by molar-refractivity contribution is -0.121. The molecule has 1 amide bonds. The van der Waals surface area contributed by atoms with Gasteiger partial charge in [0.15, 0.2) is 0 Å². The highest BCUT2D eigenvalue weighted by Gasteiger charge is 2.13. The van der Waals surface area contributed by atoms with Gasteiger partial charge in [-0.1, -0.05) is 12.1 Å². The first-order chi connectivity index (χ1) is 9.25. The molecule has 1 unspecified atom stereocenters. The van der Waals surface area contributed by atoms with Crippen LogP contribution in [0, 0.1) is 5.92 Å². The van der Waals surface area contributed by atoms with Crippen molar-refractivity contribution in [2.45, 2.75) is 12.8 Å². The second-order valence-electron chi connectivity index (χ2n) is 4.76. The van der Waals surface area contributed by atoms with Crippen LogP contribution < -0.4 is 10.6 Å². The third kappa shape index (κ3) is 4.93. The summed E-state index contributed by atoms with van der Waals surface area (Å²) < 4.78 is 6.35. The highest BCUT2D eigenvalue weighted by atomic mass is 79.9. The number of carbonyl (C=O) groups is 1. The molecule has 0 aliphatic carbocycles. The SMILES string of the molecule is O=C(COCC1CCCNC1)Nc1ccccc1Br. The van der Waals surface area contributed by atoms with E-state index >= 15 is 0 Å². The molecule has 1 atom stereocenters. The molecule has 2 N–H and O–H groups in total. The minimum Gasteiger partial charge on any atom is -0.371 e. The zero-order valence-corrected chi connectivity index (χ0v) is 12.4. The van der Waals surface area contributed by atoms with Crippen LogP contribution in [0.25, 0.3) is 0 Å².